The van der Waals surface area contributed by atoms with Crippen molar-refractivity contribution in [2.24, 2.45) is 0 Å². The number of aromatic nitrogens is 8. The zero-order chi connectivity index (χ0) is 20.4. The molecular weight excluding hydrogens is 412 g/mol. The normalized spacial score (nSPS) is 11.4. The molecule has 29 heavy (non-hydrogen) atoms. The Morgan fingerprint density at radius 3 is 1.59 bits per heavy atom. The highest BCUT2D eigenvalue weighted by Gasteiger charge is 2.15. The highest BCUT2D eigenvalue weighted by molar-refractivity contribution is 7.98. The molecule has 0 aliphatic carbocycles. The van der Waals surface area contributed by atoms with Crippen LogP contribution in [0.3, 0.4) is 0 Å². The Kier molecular flexibility index (Phi) is 5.72. The second kappa shape index (κ2) is 8.41. The van der Waals surface area contributed by atoms with E-state index in [0.29, 0.717) is 35.2 Å². The molecule has 0 aliphatic rings. The highest BCUT2D eigenvalue weighted by Crippen LogP contribution is 2.26. The van der Waals surface area contributed by atoms with Gasteiger partial charge in [-0.2, -0.15) is 20.2 Å². The van der Waals surface area contributed by atoms with Gasteiger partial charge in [0.15, 0.2) is 21.6 Å². The number of fused-ring (bicyclic) bond motifs is 2. The maximum absolute atomic E-state index is 5.38. The molecule has 0 aromatic carbocycles. The van der Waals surface area contributed by atoms with Crippen LogP contribution in [0.4, 0.5) is 0 Å². The summed E-state index contributed by atoms with van der Waals surface area (Å²) < 4.78 is 14.5. The quantitative estimate of drug-likeness (QED) is 0.304. The topological polar surface area (TPSA) is 106 Å². The summed E-state index contributed by atoms with van der Waals surface area (Å²) in [5, 5.41) is 11.8. The maximum Gasteiger partial charge on any atom is 0.228 e. The van der Waals surface area contributed by atoms with Crippen LogP contribution in [0.15, 0.2) is 22.7 Å². The Morgan fingerprint density at radius 1 is 0.759 bits per heavy atom. The van der Waals surface area contributed by atoms with Crippen LogP contribution in [0.2, 0.25) is 0 Å². The molecule has 0 saturated carbocycles. The van der Waals surface area contributed by atoms with E-state index in [0.717, 1.165) is 28.5 Å². The van der Waals surface area contributed by atoms with Crippen LogP contribution >= 0.6 is 23.5 Å². The van der Waals surface area contributed by atoms with Crippen molar-refractivity contribution in [1.82, 2.24) is 39.5 Å². The Balaban J connectivity index is 1.56. The van der Waals surface area contributed by atoms with E-state index in [1.54, 1.807) is 26.6 Å². The van der Waals surface area contributed by atoms with Crippen LogP contribution < -0.4 is 9.47 Å². The molecule has 4 aromatic rings. The van der Waals surface area contributed by atoms with Crippen molar-refractivity contribution in [3.63, 3.8) is 0 Å². The van der Waals surface area contributed by atoms with E-state index in [1.165, 1.54) is 23.5 Å². The van der Waals surface area contributed by atoms with E-state index in [2.05, 4.69) is 30.1 Å². The van der Waals surface area contributed by atoms with Gasteiger partial charge in [0.25, 0.3) is 0 Å². The number of ether oxygens (including phenoxy) is 2. The minimum Gasteiger partial charge on any atom is -0.480 e. The predicted molar refractivity (Wildman–Crippen MR) is 112 cm³/mol. The molecule has 4 heterocycles. The molecule has 0 fully saturated rings. The lowest BCUT2D eigenvalue weighted by Crippen LogP contribution is -2.08. The number of hydrogen-bond donors (Lipinski definition) is 0. The summed E-state index contributed by atoms with van der Waals surface area (Å²) in [5.74, 6) is 1.08. The third kappa shape index (κ3) is 3.69. The van der Waals surface area contributed by atoms with E-state index in [1.807, 2.05) is 21.9 Å². The molecule has 152 valence electrons. The molecule has 0 bridgehead atoms. The molecule has 4 rings (SSSR count). The first-order valence-corrected chi connectivity index (χ1v) is 11.3. The number of hydrogen-bond acceptors (Lipinski definition) is 10. The van der Waals surface area contributed by atoms with E-state index in [-0.39, 0.29) is 0 Å². The van der Waals surface area contributed by atoms with Gasteiger partial charge in [0.05, 0.1) is 26.6 Å². The molecule has 0 N–H and O–H groups in total. The molecular formula is C17H20N8O2S2. The van der Waals surface area contributed by atoms with Gasteiger partial charge in [0.2, 0.25) is 11.8 Å². The SMILES string of the molecule is COc1nc(SC)nc2c1cnn2CCCn1ncc2c(OC)nc(SC)nc21. The van der Waals surface area contributed by atoms with Gasteiger partial charge in [-0.05, 0) is 18.9 Å². The first-order valence-electron chi connectivity index (χ1n) is 8.81. The maximum atomic E-state index is 5.38. The van der Waals surface area contributed by atoms with E-state index in [9.17, 15) is 0 Å². The summed E-state index contributed by atoms with van der Waals surface area (Å²) in [6.07, 6.45) is 8.15. The van der Waals surface area contributed by atoms with Crippen LogP contribution in [0, 0.1) is 0 Å². The molecule has 0 atom stereocenters. The van der Waals surface area contributed by atoms with Crippen molar-refractivity contribution < 1.29 is 9.47 Å². The molecule has 12 heteroatoms. The van der Waals surface area contributed by atoms with E-state index in [4.69, 9.17) is 9.47 Å². The fourth-order valence-corrected chi connectivity index (χ4v) is 3.72. The van der Waals surface area contributed by atoms with Crippen molar-refractivity contribution in [2.75, 3.05) is 26.7 Å². The average molecular weight is 433 g/mol. The van der Waals surface area contributed by atoms with Crippen LogP contribution in [-0.4, -0.2) is 66.2 Å². The lowest BCUT2D eigenvalue weighted by molar-refractivity contribution is 0.398. The van der Waals surface area contributed by atoms with Gasteiger partial charge in [-0.1, -0.05) is 23.5 Å². The number of nitrogens with zero attached hydrogens (tertiary/aromatic N) is 8. The number of thioether (sulfide) groups is 2. The van der Waals surface area contributed by atoms with Crippen LogP contribution in [0.1, 0.15) is 6.42 Å². The van der Waals surface area contributed by atoms with Gasteiger partial charge in [0.1, 0.15) is 10.8 Å². The highest BCUT2D eigenvalue weighted by atomic mass is 32.2. The molecule has 0 spiro atoms. The fourth-order valence-electron chi connectivity index (χ4n) is 3.01. The summed E-state index contributed by atoms with van der Waals surface area (Å²) in [6, 6.07) is 0. The largest absolute Gasteiger partial charge is 0.480 e. The van der Waals surface area contributed by atoms with E-state index < -0.39 is 0 Å². The lowest BCUT2D eigenvalue weighted by Gasteiger charge is -2.07. The molecule has 0 amide bonds. The smallest absolute Gasteiger partial charge is 0.228 e. The molecule has 4 aromatic heterocycles. The van der Waals surface area contributed by atoms with Gasteiger partial charge in [-0.25, -0.2) is 19.3 Å². The third-order valence-electron chi connectivity index (χ3n) is 4.37. The molecule has 0 saturated heterocycles. The molecule has 0 radical (unpaired) electrons. The number of aryl methyl sites for hydroxylation is 2. The van der Waals surface area contributed by atoms with Gasteiger partial charge < -0.3 is 9.47 Å². The molecule has 0 unspecified atom stereocenters. The average Bonchev–Trinajstić information content (AvgIpc) is 3.36. The van der Waals surface area contributed by atoms with Crippen LogP contribution in [-0.2, 0) is 13.1 Å². The van der Waals surface area contributed by atoms with E-state index >= 15 is 0 Å². The van der Waals surface area contributed by atoms with Crippen LogP contribution in [0.5, 0.6) is 11.8 Å². The van der Waals surface area contributed by atoms with Gasteiger partial charge >= 0.3 is 0 Å². The Labute approximate surface area is 175 Å². The Bertz CT molecular complexity index is 1070. The monoisotopic (exact) mass is 432 g/mol. The van der Waals surface area contributed by atoms with Crippen molar-refractivity contribution in [1.29, 1.82) is 0 Å². The fraction of sp³-hybridized carbons (Fsp3) is 0.412. The first kappa shape index (κ1) is 19.7. The summed E-state index contributed by atoms with van der Waals surface area (Å²) in [7, 11) is 3.20. The predicted octanol–water partition coefficient (Wildman–Crippen LogP) is 2.52. The van der Waals surface area contributed by atoms with Crippen molar-refractivity contribution in [2.45, 2.75) is 29.8 Å². The van der Waals surface area contributed by atoms with Gasteiger partial charge in [-0.15, -0.1) is 0 Å². The second-order valence-electron chi connectivity index (χ2n) is 6.00. The third-order valence-corrected chi connectivity index (χ3v) is 5.47. The minimum atomic E-state index is 0.539. The Hall–Kier alpha value is -2.60. The van der Waals surface area contributed by atoms with Crippen molar-refractivity contribution in [3.05, 3.63) is 12.4 Å². The second-order valence-corrected chi connectivity index (χ2v) is 7.55. The zero-order valence-electron chi connectivity index (χ0n) is 16.5. The molecule has 10 nitrogen and oxygen atoms in total. The first-order chi connectivity index (χ1) is 14.2. The number of methoxy groups -OCH3 is 2. The zero-order valence-corrected chi connectivity index (χ0v) is 18.1. The van der Waals surface area contributed by atoms with Crippen LogP contribution in [0.25, 0.3) is 22.1 Å². The van der Waals surface area contributed by atoms with Crippen molar-refractivity contribution in [3.8, 4) is 11.8 Å². The van der Waals surface area contributed by atoms with Gasteiger partial charge in [-0.3, -0.25) is 0 Å². The Morgan fingerprint density at radius 2 is 1.21 bits per heavy atom. The summed E-state index contributed by atoms with van der Waals surface area (Å²) in [4.78, 5) is 17.9. The van der Waals surface area contributed by atoms with Crippen molar-refractivity contribution >= 4 is 45.6 Å². The summed E-state index contributed by atoms with van der Waals surface area (Å²) in [5.41, 5.74) is 1.53. The lowest BCUT2D eigenvalue weighted by atomic mass is 10.4. The minimum absolute atomic E-state index is 0.539. The molecule has 0 aliphatic heterocycles. The summed E-state index contributed by atoms with van der Waals surface area (Å²) >= 11 is 2.94. The number of rotatable bonds is 8. The summed E-state index contributed by atoms with van der Waals surface area (Å²) in [6.45, 7) is 1.35. The standard InChI is InChI=1S/C17H20N8O2S2/c1-26-14-10-8-18-24(12(10)20-16(22-14)28-3)6-5-7-25-13-11(9-19-25)15(27-2)23-17(21-13)29-4/h8-9H,5-7H2,1-4H3. The van der Waals surface area contributed by atoms with Gasteiger partial charge in [0, 0.05) is 13.1 Å².